The predicted octanol–water partition coefficient (Wildman–Crippen LogP) is 5.14. The van der Waals surface area contributed by atoms with E-state index in [9.17, 15) is 8.42 Å². The number of benzene rings is 2. The second-order valence-electron chi connectivity index (χ2n) is 5.82. The Morgan fingerprint density at radius 2 is 1.73 bits per heavy atom. The van der Waals surface area contributed by atoms with Crippen LogP contribution in [0.5, 0.6) is 11.5 Å². The van der Waals surface area contributed by atoms with Gasteiger partial charge in [0.15, 0.2) is 5.75 Å². The van der Waals surface area contributed by atoms with E-state index in [4.69, 9.17) is 48.7 Å². The van der Waals surface area contributed by atoms with Gasteiger partial charge in [-0.05, 0) is 48.5 Å². The molecule has 0 bridgehead atoms. The number of rotatable bonds is 8. The average Bonchev–Trinajstić information content (AvgIpc) is 3.14. The third-order valence-corrected chi connectivity index (χ3v) is 5.76. The van der Waals surface area contributed by atoms with E-state index in [0.717, 1.165) is 0 Å². The van der Waals surface area contributed by atoms with Crippen molar-refractivity contribution in [2.45, 2.75) is 11.5 Å². The number of methoxy groups -OCH3 is 1. The minimum absolute atomic E-state index is 0.0469. The molecule has 0 unspecified atom stereocenters. The van der Waals surface area contributed by atoms with Gasteiger partial charge >= 0.3 is 0 Å². The van der Waals surface area contributed by atoms with Gasteiger partial charge in [-0.3, -0.25) is 0 Å². The maximum absolute atomic E-state index is 12.2. The van der Waals surface area contributed by atoms with E-state index in [0.29, 0.717) is 22.3 Å². The Morgan fingerprint density at radius 3 is 2.37 bits per heavy atom. The lowest BCUT2D eigenvalue weighted by molar-refractivity contribution is 0.270. The van der Waals surface area contributed by atoms with Gasteiger partial charge in [0, 0.05) is 5.02 Å². The van der Waals surface area contributed by atoms with Gasteiger partial charge in [0.1, 0.15) is 23.9 Å². The van der Waals surface area contributed by atoms with Gasteiger partial charge < -0.3 is 13.9 Å². The van der Waals surface area contributed by atoms with Gasteiger partial charge in [-0.1, -0.05) is 34.8 Å². The monoisotopic (exact) mass is 488 g/mol. The molecular weight excluding hydrogens is 475 g/mol. The van der Waals surface area contributed by atoms with Crippen molar-refractivity contribution < 1.29 is 22.3 Å². The van der Waals surface area contributed by atoms with E-state index in [1.165, 1.54) is 49.7 Å². The second kappa shape index (κ2) is 9.61. The van der Waals surface area contributed by atoms with E-state index in [2.05, 4.69) is 9.93 Å². The Hall–Kier alpha value is -2.39. The molecule has 11 heteroatoms. The minimum atomic E-state index is -3.82. The first kappa shape index (κ1) is 22.3. The summed E-state index contributed by atoms with van der Waals surface area (Å²) in [5.41, 5.74) is 0. The number of furan rings is 1. The van der Waals surface area contributed by atoms with Crippen LogP contribution in [0, 0.1) is 0 Å². The molecule has 0 amide bonds. The minimum Gasteiger partial charge on any atom is -0.497 e. The first-order valence-electron chi connectivity index (χ1n) is 8.33. The van der Waals surface area contributed by atoms with E-state index in [-0.39, 0.29) is 27.3 Å². The summed E-state index contributed by atoms with van der Waals surface area (Å²) >= 11 is 18.0. The average molecular weight is 490 g/mol. The van der Waals surface area contributed by atoms with E-state index < -0.39 is 10.0 Å². The van der Waals surface area contributed by atoms with Crippen LogP contribution in [0.3, 0.4) is 0 Å². The summed E-state index contributed by atoms with van der Waals surface area (Å²) in [6.07, 6.45) is 1.23. The first-order valence-corrected chi connectivity index (χ1v) is 10.9. The maximum Gasteiger partial charge on any atom is 0.276 e. The van der Waals surface area contributed by atoms with Gasteiger partial charge in [-0.25, -0.2) is 0 Å². The summed E-state index contributed by atoms with van der Waals surface area (Å²) in [6, 6.07) is 12.2. The molecule has 1 N–H and O–H groups in total. The molecule has 0 aliphatic carbocycles. The second-order valence-corrected chi connectivity index (χ2v) is 8.73. The predicted molar refractivity (Wildman–Crippen MR) is 115 cm³/mol. The summed E-state index contributed by atoms with van der Waals surface area (Å²) in [4.78, 5) is 2.16. The Morgan fingerprint density at radius 1 is 1.07 bits per heavy atom. The quantitative estimate of drug-likeness (QED) is 0.349. The lowest BCUT2D eigenvalue weighted by Crippen LogP contribution is -2.18. The highest BCUT2D eigenvalue weighted by Crippen LogP contribution is 2.36. The van der Waals surface area contributed by atoms with Crippen molar-refractivity contribution in [2.75, 3.05) is 7.11 Å². The van der Waals surface area contributed by atoms with Crippen LogP contribution < -0.4 is 14.3 Å². The molecule has 0 saturated heterocycles. The van der Waals surface area contributed by atoms with Crippen LogP contribution in [-0.4, -0.2) is 21.7 Å². The Kier molecular flexibility index (Phi) is 7.14. The zero-order valence-electron chi connectivity index (χ0n) is 15.4. The molecule has 30 heavy (non-hydrogen) atoms. The fourth-order valence-corrected chi connectivity index (χ4v) is 4.04. The zero-order valence-corrected chi connectivity index (χ0v) is 18.5. The Bertz CT molecular complexity index is 1140. The van der Waals surface area contributed by atoms with Crippen molar-refractivity contribution >= 4 is 51.0 Å². The highest BCUT2D eigenvalue weighted by Gasteiger charge is 2.13. The molecule has 2 aromatic carbocycles. The molecule has 7 nitrogen and oxygen atoms in total. The Labute approximate surface area is 188 Å². The number of ether oxygens (including phenoxy) is 2. The summed E-state index contributed by atoms with van der Waals surface area (Å²) < 4.78 is 40.5. The summed E-state index contributed by atoms with van der Waals surface area (Å²) in [6.45, 7) is 0.0481. The lowest BCUT2D eigenvalue weighted by atomic mass is 10.3. The van der Waals surface area contributed by atoms with Crippen LogP contribution in [0.25, 0.3) is 0 Å². The maximum atomic E-state index is 12.2. The SMILES string of the molecule is COc1ccc(S(=O)(=O)N/N=C/c2ccc(COc3c(Cl)cc(Cl)cc3Cl)o2)cc1. The highest BCUT2D eigenvalue weighted by atomic mass is 35.5. The smallest absolute Gasteiger partial charge is 0.276 e. The molecule has 0 spiro atoms. The molecule has 158 valence electrons. The molecule has 1 heterocycles. The standard InChI is InChI=1S/C19H15Cl3N2O5S/c1-27-13-4-6-16(7-5-13)30(25,26)24-23-10-14-2-3-15(29-14)11-28-19-17(21)8-12(20)9-18(19)22/h2-10,24H,11H2,1H3/b23-10+. The number of halogens is 3. The molecule has 0 aliphatic heterocycles. The van der Waals surface area contributed by atoms with E-state index in [1.54, 1.807) is 12.1 Å². The number of sulfonamides is 1. The largest absolute Gasteiger partial charge is 0.497 e. The molecule has 0 saturated carbocycles. The third kappa shape index (κ3) is 5.60. The van der Waals surface area contributed by atoms with Crippen molar-refractivity contribution in [1.29, 1.82) is 0 Å². The number of hydrazone groups is 1. The molecule has 0 aliphatic rings. The molecular formula is C19H15Cl3N2O5S. The van der Waals surface area contributed by atoms with Gasteiger partial charge in [0.05, 0.1) is 28.3 Å². The molecule has 0 radical (unpaired) electrons. The Balaban J connectivity index is 1.60. The van der Waals surface area contributed by atoms with Crippen LogP contribution >= 0.6 is 34.8 Å². The van der Waals surface area contributed by atoms with Crippen molar-refractivity contribution in [1.82, 2.24) is 4.83 Å². The zero-order chi connectivity index (χ0) is 21.7. The first-order chi connectivity index (χ1) is 14.3. The van der Waals surface area contributed by atoms with Crippen LogP contribution in [0.4, 0.5) is 0 Å². The fraction of sp³-hybridized carbons (Fsp3) is 0.105. The van der Waals surface area contributed by atoms with Gasteiger partial charge in [0.2, 0.25) is 0 Å². The van der Waals surface area contributed by atoms with Crippen molar-refractivity contribution in [2.24, 2.45) is 5.10 Å². The normalized spacial score (nSPS) is 11.6. The molecule has 0 atom stereocenters. The summed E-state index contributed by atoms with van der Waals surface area (Å²) in [5.74, 6) is 1.60. The number of hydrogen-bond acceptors (Lipinski definition) is 6. The number of hydrogen-bond donors (Lipinski definition) is 1. The van der Waals surface area contributed by atoms with Crippen LogP contribution in [0.1, 0.15) is 11.5 Å². The summed E-state index contributed by atoms with van der Waals surface area (Å²) in [7, 11) is -2.32. The topological polar surface area (TPSA) is 90.1 Å². The van der Waals surface area contributed by atoms with Crippen LogP contribution in [0.15, 0.2) is 62.9 Å². The van der Waals surface area contributed by atoms with Gasteiger partial charge in [-0.2, -0.15) is 18.4 Å². The molecule has 3 rings (SSSR count). The van der Waals surface area contributed by atoms with E-state index in [1.807, 2.05) is 0 Å². The van der Waals surface area contributed by atoms with Crippen LogP contribution in [-0.2, 0) is 16.6 Å². The van der Waals surface area contributed by atoms with Crippen LogP contribution in [0.2, 0.25) is 15.1 Å². The van der Waals surface area contributed by atoms with Crippen molar-refractivity contribution in [3.63, 3.8) is 0 Å². The van der Waals surface area contributed by atoms with E-state index >= 15 is 0 Å². The lowest BCUT2D eigenvalue weighted by Gasteiger charge is -2.08. The molecule has 1 aromatic heterocycles. The van der Waals surface area contributed by atoms with Crippen molar-refractivity contribution in [3.8, 4) is 11.5 Å². The number of nitrogens with zero attached hydrogens (tertiary/aromatic N) is 1. The highest BCUT2D eigenvalue weighted by molar-refractivity contribution is 7.89. The van der Waals surface area contributed by atoms with Gasteiger partial charge in [0.25, 0.3) is 10.0 Å². The van der Waals surface area contributed by atoms with Gasteiger partial charge in [-0.15, -0.1) is 0 Å². The molecule has 0 fully saturated rings. The number of nitrogens with one attached hydrogen (secondary N) is 1. The summed E-state index contributed by atoms with van der Waals surface area (Å²) in [5, 5.41) is 4.65. The third-order valence-electron chi connectivity index (χ3n) is 3.74. The molecule has 3 aromatic rings. The van der Waals surface area contributed by atoms with Crippen molar-refractivity contribution in [3.05, 3.63) is 75.1 Å². The fourth-order valence-electron chi connectivity index (χ4n) is 2.32.